The average Bonchev–Trinajstić information content (AvgIpc) is 2.65. The highest BCUT2D eigenvalue weighted by atomic mass is 32.2. The predicted molar refractivity (Wildman–Crippen MR) is 107 cm³/mol. The zero-order valence-corrected chi connectivity index (χ0v) is 17.9. The highest BCUT2D eigenvalue weighted by Gasteiger charge is 2.31. The second-order valence-electron chi connectivity index (χ2n) is 7.56. The van der Waals surface area contributed by atoms with Crippen LogP contribution in [0.1, 0.15) is 31.7 Å². The summed E-state index contributed by atoms with van der Waals surface area (Å²) in [6.07, 6.45) is 4.12. The normalized spacial score (nSPS) is 21.4. The van der Waals surface area contributed by atoms with E-state index in [2.05, 4.69) is 4.72 Å². The van der Waals surface area contributed by atoms with Crippen molar-refractivity contribution in [3.63, 3.8) is 0 Å². The summed E-state index contributed by atoms with van der Waals surface area (Å²) < 4.78 is 52.8. The number of carbonyl (C=O) groups excluding carboxylic acids is 1. The van der Waals surface area contributed by atoms with Crippen molar-refractivity contribution in [3.05, 3.63) is 23.8 Å². The first-order chi connectivity index (χ1) is 13.1. The molecule has 1 N–H and O–H groups in total. The van der Waals surface area contributed by atoms with Crippen LogP contribution in [0.5, 0.6) is 0 Å². The molecule has 3 rings (SSSR count). The van der Waals surface area contributed by atoms with E-state index in [0.29, 0.717) is 26.1 Å². The second-order valence-corrected chi connectivity index (χ2v) is 11.3. The van der Waals surface area contributed by atoms with Crippen molar-refractivity contribution in [2.45, 2.75) is 37.5 Å². The highest BCUT2D eigenvalue weighted by Crippen LogP contribution is 2.31. The molecule has 0 radical (unpaired) electrons. The van der Waals surface area contributed by atoms with E-state index in [-0.39, 0.29) is 23.3 Å². The number of piperidine rings is 1. The number of nitrogens with zero attached hydrogens (tertiary/aromatic N) is 2. The lowest BCUT2D eigenvalue weighted by Crippen LogP contribution is -2.43. The van der Waals surface area contributed by atoms with Gasteiger partial charge in [0.2, 0.25) is 26.0 Å². The summed E-state index contributed by atoms with van der Waals surface area (Å²) in [5, 5.41) is 0. The molecule has 0 aromatic heterocycles. The third-order valence-corrected chi connectivity index (χ3v) is 7.86. The van der Waals surface area contributed by atoms with E-state index in [4.69, 9.17) is 0 Å². The minimum Gasteiger partial charge on any atom is -0.312 e. The van der Waals surface area contributed by atoms with Crippen LogP contribution >= 0.6 is 0 Å². The molecule has 8 nitrogen and oxygen atoms in total. The number of amides is 1. The van der Waals surface area contributed by atoms with Gasteiger partial charge in [0.05, 0.1) is 11.2 Å². The van der Waals surface area contributed by atoms with Gasteiger partial charge in [0.1, 0.15) is 0 Å². The largest absolute Gasteiger partial charge is 0.312 e. The van der Waals surface area contributed by atoms with Gasteiger partial charge in [-0.25, -0.2) is 21.6 Å². The van der Waals surface area contributed by atoms with Crippen molar-refractivity contribution in [1.29, 1.82) is 0 Å². The molecule has 0 saturated carbocycles. The maximum atomic E-state index is 13.1. The third kappa shape index (κ3) is 4.73. The first-order valence-corrected chi connectivity index (χ1v) is 12.8. The molecule has 2 heterocycles. The molecule has 1 amide bonds. The molecule has 28 heavy (non-hydrogen) atoms. The number of hydrogen-bond donors (Lipinski definition) is 1. The Morgan fingerprint density at radius 3 is 2.61 bits per heavy atom. The molecule has 0 bridgehead atoms. The third-order valence-electron chi connectivity index (χ3n) is 5.30. The molecule has 1 aromatic rings. The molecule has 1 saturated heterocycles. The minimum atomic E-state index is -3.67. The van der Waals surface area contributed by atoms with Crippen LogP contribution in [-0.2, 0) is 31.3 Å². The minimum absolute atomic E-state index is 0.0474. The molecule has 10 heteroatoms. The van der Waals surface area contributed by atoms with Crippen molar-refractivity contribution in [3.8, 4) is 0 Å². The Labute approximate surface area is 167 Å². The molecular formula is C18H27N3O5S2. The number of nitrogens with one attached hydrogen (secondary N) is 1. The summed E-state index contributed by atoms with van der Waals surface area (Å²) in [5.41, 5.74) is 1.65. The van der Waals surface area contributed by atoms with E-state index >= 15 is 0 Å². The highest BCUT2D eigenvalue weighted by molar-refractivity contribution is 7.89. The van der Waals surface area contributed by atoms with Crippen molar-refractivity contribution in [2.24, 2.45) is 5.92 Å². The van der Waals surface area contributed by atoms with Gasteiger partial charge in [-0.05, 0) is 55.4 Å². The van der Waals surface area contributed by atoms with Gasteiger partial charge >= 0.3 is 0 Å². The Morgan fingerprint density at radius 1 is 1.18 bits per heavy atom. The molecule has 2 aliphatic rings. The van der Waals surface area contributed by atoms with Gasteiger partial charge in [-0.15, -0.1) is 0 Å². The Kier molecular flexibility index (Phi) is 6.14. The van der Waals surface area contributed by atoms with Gasteiger partial charge in [0.25, 0.3) is 0 Å². The van der Waals surface area contributed by atoms with Crippen LogP contribution in [0.15, 0.2) is 23.1 Å². The van der Waals surface area contributed by atoms with Crippen molar-refractivity contribution in [1.82, 2.24) is 9.03 Å². The predicted octanol–water partition coefficient (Wildman–Crippen LogP) is 0.936. The SMILES string of the molecule is CC(=O)N1CCCc2cc(S(=O)(=O)N3CCCC(CNS(C)(=O)=O)C3)ccc21. The Hall–Kier alpha value is -1.49. The summed E-state index contributed by atoms with van der Waals surface area (Å²) >= 11 is 0. The fourth-order valence-electron chi connectivity index (χ4n) is 3.89. The molecule has 0 spiro atoms. The van der Waals surface area contributed by atoms with Gasteiger partial charge in [-0.1, -0.05) is 0 Å². The lowest BCUT2D eigenvalue weighted by atomic mass is 10.0. The molecule has 1 unspecified atom stereocenters. The summed E-state index contributed by atoms with van der Waals surface area (Å²) in [6.45, 7) is 3.12. The van der Waals surface area contributed by atoms with E-state index in [1.807, 2.05) is 0 Å². The smallest absolute Gasteiger partial charge is 0.243 e. The second kappa shape index (κ2) is 8.10. The van der Waals surface area contributed by atoms with Crippen molar-refractivity contribution >= 4 is 31.6 Å². The van der Waals surface area contributed by atoms with Crippen LogP contribution < -0.4 is 9.62 Å². The maximum absolute atomic E-state index is 13.1. The zero-order chi connectivity index (χ0) is 20.5. The lowest BCUT2D eigenvalue weighted by Gasteiger charge is -2.33. The number of hydrogen-bond acceptors (Lipinski definition) is 5. The number of rotatable bonds is 5. The van der Waals surface area contributed by atoms with Gasteiger partial charge < -0.3 is 4.90 Å². The topological polar surface area (TPSA) is 104 Å². The van der Waals surface area contributed by atoms with Crippen molar-refractivity contribution < 1.29 is 21.6 Å². The summed E-state index contributed by atoms with van der Waals surface area (Å²) in [7, 11) is -6.97. The van der Waals surface area contributed by atoms with Crippen LogP contribution in [0.3, 0.4) is 0 Å². The molecule has 0 aliphatic carbocycles. The quantitative estimate of drug-likeness (QED) is 0.750. The summed E-state index contributed by atoms with van der Waals surface area (Å²) in [4.78, 5) is 13.7. The van der Waals surface area contributed by atoms with Crippen LogP contribution in [0.2, 0.25) is 0 Å². The van der Waals surface area contributed by atoms with Crippen LogP contribution in [0.25, 0.3) is 0 Å². The zero-order valence-electron chi connectivity index (χ0n) is 16.2. The lowest BCUT2D eigenvalue weighted by molar-refractivity contribution is -0.116. The Morgan fingerprint density at radius 2 is 1.93 bits per heavy atom. The average molecular weight is 430 g/mol. The van der Waals surface area contributed by atoms with E-state index < -0.39 is 20.0 Å². The molecule has 156 valence electrons. The summed E-state index contributed by atoms with van der Waals surface area (Å²) in [6, 6.07) is 4.96. The van der Waals surface area contributed by atoms with E-state index in [1.54, 1.807) is 23.1 Å². The maximum Gasteiger partial charge on any atom is 0.243 e. The van der Waals surface area contributed by atoms with Crippen LogP contribution in [0, 0.1) is 5.92 Å². The number of anilines is 1. The molecule has 2 aliphatic heterocycles. The van der Waals surface area contributed by atoms with Crippen molar-refractivity contribution in [2.75, 3.05) is 37.3 Å². The van der Waals surface area contributed by atoms with Gasteiger partial charge in [0, 0.05) is 38.8 Å². The number of aryl methyl sites for hydroxylation is 1. The molecule has 1 atom stereocenters. The number of benzene rings is 1. The molecule has 1 aromatic carbocycles. The first kappa shape index (κ1) is 21.2. The van der Waals surface area contributed by atoms with E-state index in [0.717, 1.165) is 36.8 Å². The fourth-order valence-corrected chi connectivity index (χ4v) is 6.04. The van der Waals surface area contributed by atoms with Gasteiger partial charge in [-0.3, -0.25) is 4.79 Å². The number of sulfonamides is 2. The Balaban J connectivity index is 1.80. The van der Waals surface area contributed by atoms with E-state index in [9.17, 15) is 21.6 Å². The van der Waals surface area contributed by atoms with Crippen LogP contribution in [0.4, 0.5) is 5.69 Å². The first-order valence-electron chi connectivity index (χ1n) is 9.44. The molecule has 1 fully saturated rings. The standard InChI is InChI=1S/C18H27N3O5S2/c1-14(22)21-10-4-6-16-11-17(7-8-18(16)21)28(25,26)20-9-3-5-15(13-20)12-19-27(2,23)24/h7-8,11,15,19H,3-6,9-10,12-13H2,1-2H3. The number of carbonyl (C=O) groups is 1. The van der Waals surface area contributed by atoms with Gasteiger partial charge in [0.15, 0.2) is 0 Å². The molecular weight excluding hydrogens is 402 g/mol. The monoisotopic (exact) mass is 429 g/mol. The fraction of sp³-hybridized carbons (Fsp3) is 0.611. The van der Waals surface area contributed by atoms with Gasteiger partial charge in [-0.2, -0.15) is 4.31 Å². The number of fused-ring (bicyclic) bond motifs is 1. The van der Waals surface area contributed by atoms with E-state index in [1.165, 1.54) is 11.2 Å². The van der Waals surface area contributed by atoms with Crippen LogP contribution in [-0.4, -0.2) is 59.5 Å². The Bertz CT molecular complexity index is 959. The summed E-state index contributed by atoms with van der Waals surface area (Å²) in [5.74, 6) is -0.0992.